The van der Waals surface area contributed by atoms with E-state index in [0.29, 0.717) is 0 Å². The summed E-state index contributed by atoms with van der Waals surface area (Å²) >= 11 is 1.17. The molecule has 0 N–H and O–H groups in total. The van der Waals surface area contributed by atoms with E-state index >= 15 is 0 Å². The molecule has 2 nitrogen and oxygen atoms in total. The zero-order valence-electron chi connectivity index (χ0n) is 3.88. The highest BCUT2D eigenvalue weighted by atomic mass is 32.2. The molecule has 0 saturated carbocycles. The molecule has 7 heavy (non-hydrogen) atoms. The van der Waals surface area contributed by atoms with Crippen LogP contribution in [0.15, 0.2) is 14.9 Å². The molecular weight excluding hydrogens is 108 g/mol. The first-order valence-electron chi connectivity index (χ1n) is 1.89. The molecule has 1 aliphatic rings. The molecule has 0 spiro atoms. The van der Waals surface area contributed by atoms with Crippen molar-refractivity contribution in [2.24, 2.45) is 8.80 Å². The highest BCUT2D eigenvalue weighted by Crippen LogP contribution is 2.04. The summed E-state index contributed by atoms with van der Waals surface area (Å²) in [6, 6.07) is 0. The number of hydrogen-bond acceptors (Lipinski definition) is 3. The fourth-order valence-electron chi connectivity index (χ4n) is 0.254. The van der Waals surface area contributed by atoms with Crippen LogP contribution >= 0.6 is 12.1 Å². The monoisotopic (exact) mass is 112 g/mol. The predicted octanol–water partition coefficient (Wildman–Crippen LogP) is 1.25. The van der Waals surface area contributed by atoms with Crippen LogP contribution in [0.2, 0.25) is 0 Å². The van der Waals surface area contributed by atoms with Crippen molar-refractivity contribution in [3.8, 4) is 0 Å². The zero-order valence-corrected chi connectivity index (χ0v) is 4.70. The van der Waals surface area contributed by atoms with Crippen LogP contribution in [-0.4, -0.2) is 11.6 Å². The van der Waals surface area contributed by atoms with E-state index in [0.717, 1.165) is 5.71 Å². The molecule has 1 rings (SSSR count). The van der Waals surface area contributed by atoms with Crippen LogP contribution in [-0.2, 0) is 0 Å². The normalized spacial score (nSPS) is 17.0. The molecule has 3 heteroatoms. The molecule has 0 atom stereocenters. The summed E-state index contributed by atoms with van der Waals surface area (Å²) in [5, 5.41) is 0. The van der Waals surface area contributed by atoms with Gasteiger partial charge in [-0.2, -0.15) is 4.40 Å². The van der Waals surface area contributed by atoms with Crippen molar-refractivity contribution in [3.63, 3.8) is 0 Å². The highest BCUT2D eigenvalue weighted by Gasteiger charge is 1.84. The third kappa shape index (κ3) is 1.18. The van der Waals surface area contributed by atoms with Crippen molar-refractivity contribution in [1.82, 2.24) is 0 Å². The third-order valence-electron chi connectivity index (χ3n) is 0.552. The minimum Gasteiger partial charge on any atom is -0.197 e. The van der Waals surface area contributed by atoms with E-state index in [1.807, 2.05) is 6.92 Å². The average Bonchev–Trinajstić information content (AvgIpc) is 1.69. The highest BCUT2D eigenvalue weighted by molar-refractivity contribution is 7.97. The fraction of sp³-hybridized carbons (Fsp3) is 0.250. The Morgan fingerprint density at radius 3 is 3.00 bits per heavy atom. The van der Waals surface area contributed by atoms with Crippen molar-refractivity contribution in [2.45, 2.75) is 6.92 Å². The Hall–Kier alpha value is -0.530. The Balaban J connectivity index is 2.82. The molecule has 0 amide bonds. The number of rotatable bonds is 0. The number of allylic oxidation sites excluding steroid dienone is 1. The van der Waals surface area contributed by atoms with Crippen molar-refractivity contribution < 1.29 is 0 Å². The number of nitrogens with zero attached hydrogens (tertiary/aromatic N) is 2. The van der Waals surface area contributed by atoms with Crippen LogP contribution < -0.4 is 0 Å². The van der Waals surface area contributed by atoms with Crippen LogP contribution in [0.1, 0.15) is 6.92 Å². The summed E-state index contributed by atoms with van der Waals surface area (Å²) in [6.07, 6.45) is 1.75. The lowest BCUT2D eigenvalue weighted by Crippen LogP contribution is -1.82. The Morgan fingerprint density at radius 1 is 1.86 bits per heavy atom. The Labute approximate surface area is 46.3 Å². The van der Waals surface area contributed by atoms with Gasteiger partial charge in [0.25, 0.3) is 0 Å². The molecule has 1 heterocycles. The van der Waals surface area contributed by atoms with Crippen LogP contribution in [0.3, 0.4) is 0 Å². The van der Waals surface area contributed by atoms with Gasteiger partial charge in [-0.3, -0.25) is 0 Å². The van der Waals surface area contributed by atoms with Crippen molar-refractivity contribution in [2.75, 3.05) is 0 Å². The minimum absolute atomic E-state index is 0.972. The van der Waals surface area contributed by atoms with E-state index in [1.165, 1.54) is 12.1 Å². The Kier molecular flexibility index (Phi) is 1.29. The lowest BCUT2D eigenvalue weighted by Gasteiger charge is -1.86. The van der Waals surface area contributed by atoms with E-state index in [-0.39, 0.29) is 0 Å². The van der Waals surface area contributed by atoms with Crippen LogP contribution in [0.5, 0.6) is 0 Å². The smallest absolute Gasteiger partial charge is 0.124 e. The van der Waals surface area contributed by atoms with Gasteiger partial charge in [-0.25, -0.2) is 0 Å². The van der Waals surface area contributed by atoms with E-state index < -0.39 is 0 Å². The Bertz CT molecular complexity index is 153. The molecule has 1 aliphatic heterocycles. The van der Waals surface area contributed by atoms with Gasteiger partial charge >= 0.3 is 0 Å². The molecule has 0 fully saturated rings. The third-order valence-corrected chi connectivity index (χ3v) is 1.11. The second kappa shape index (κ2) is 1.96. The van der Waals surface area contributed by atoms with Gasteiger partial charge in [-0.1, -0.05) is 0 Å². The quantitative estimate of drug-likeness (QED) is 0.433. The van der Waals surface area contributed by atoms with E-state index in [9.17, 15) is 0 Å². The maximum atomic E-state index is 3.88. The molecule has 0 aromatic rings. The Morgan fingerprint density at radius 2 is 2.71 bits per heavy atom. The molecular formula is C4H4N2S. The van der Waals surface area contributed by atoms with Gasteiger partial charge in [0.1, 0.15) is 12.1 Å². The second-order valence-corrected chi connectivity index (χ2v) is 1.71. The molecule has 0 unspecified atom stereocenters. The lowest BCUT2D eigenvalue weighted by molar-refractivity contribution is 1.74. The fourth-order valence-corrected chi connectivity index (χ4v) is 0.577. The summed E-state index contributed by atoms with van der Waals surface area (Å²) in [5.74, 6) is 2.67. The van der Waals surface area contributed by atoms with E-state index in [1.54, 1.807) is 6.08 Å². The average molecular weight is 112 g/mol. The van der Waals surface area contributed by atoms with Crippen LogP contribution in [0, 0.1) is 0 Å². The summed E-state index contributed by atoms with van der Waals surface area (Å²) in [6.45, 7) is 1.91. The summed E-state index contributed by atoms with van der Waals surface area (Å²) in [7, 11) is 0. The van der Waals surface area contributed by atoms with Gasteiger partial charge < -0.3 is 0 Å². The maximum Gasteiger partial charge on any atom is 0.124 e. The molecule has 0 aromatic carbocycles. The van der Waals surface area contributed by atoms with Crippen molar-refractivity contribution >= 4 is 23.7 Å². The first-order chi connectivity index (χ1) is 3.39. The molecule has 36 valence electrons. The van der Waals surface area contributed by atoms with E-state index in [2.05, 4.69) is 14.7 Å². The standard InChI is InChI=1S/C4H4N2S/c1-4-2-3-5-7-6-4/h2H,1H3. The zero-order chi connectivity index (χ0) is 5.11. The van der Waals surface area contributed by atoms with Gasteiger partial charge in [-0.05, 0) is 12.8 Å². The SMILES string of the molecule is CC1=NSN=C=C1. The van der Waals surface area contributed by atoms with Crippen molar-refractivity contribution in [3.05, 3.63) is 6.08 Å². The van der Waals surface area contributed by atoms with Gasteiger partial charge in [0.15, 0.2) is 0 Å². The molecule has 0 radical (unpaired) electrons. The lowest BCUT2D eigenvalue weighted by atomic mass is 10.4. The summed E-state index contributed by atoms with van der Waals surface area (Å²) < 4.78 is 7.53. The van der Waals surface area contributed by atoms with Gasteiger partial charge in [-0.15, -0.1) is 4.40 Å². The number of hydrogen-bond donors (Lipinski definition) is 0. The molecule has 0 aromatic heterocycles. The molecule has 0 bridgehead atoms. The largest absolute Gasteiger partial charge is 0.197 e. The molecule has 0 aliphatic carbocycles. The second-order valence-electron chi connectivity index (χ2n) is 1.18. The minimum atomic E-state index is 0.972. The first-order valence-corrected chi connectivity index (χ1v) is 2.62. The van der Waals surface area contributed by atoms with Crippen LogP contribution in [0.4, 0.5) is 0 Å². The van der Waals surface area contributed by atoms with Crippen molar-refractivity contribution in [1.29, 1.82) is 0 Å². The van der Waals surface area contributed by atoms with Gasteiger partial charge in [0, 0.05) is 6.08 Å². The predicted molar refractivity (Wildman–Crippen MR) is 32.7 cm³/mol. The maximum absolute atomic E-state index is 3.88. The van der Waals surface area contributed by atoms with E-state index in [4.69, 9.17) is 0 Å². The summed E-state index contributed by atoms with van der Waals surface area (Å²) in [4.78, 5) is 0. The van der Waals surface area contributed by atoms with Gasteiger partial charge in [0.05, 0.1) is 5.71 Å². The summed E-state index contributed by atoms with van der Waals surface area (Å²) in [5.41, 5.74) is 0.972. The topological polar surface area (TPSA) is 24.7 Å². The van der Waals surface area contributed by atoms with Gasteiger partial charge in [0.2, 0.25) is 0 Å². The molecule has 0 saturated heterocycles. The first kappa shape index (κ1) is 4.62. The van der Waals surface area contributed by atoms with Crippen LogP contribution in [0.25, 0.3) is 0 Å².